The zero-order valence-corrected chi connectivity index (χ0v) is 11.9. The molecule has 1 unspecified atom stereocenters. The maximum Gasteiger partial charge on any atom is 0.145 e. The van der Waals surface area contributed by atoms with Crippen LogP contribution in [-0.4, -0.2) is 7.11 Å². The highest BCUT2D eigenvalue weighted by Gasteiger charge is 2.15. The highest BCUT2D eigenvalue weighted by Crippen LogP contribution is 2.36. The second-order valence-corrected chi connectivity index (χ2v) is 4.75. The summed E-state index contributed by atoms with van der Waals surface area (Å²) in [5.41, 5.74) is 6.67. The number of benzene rings is 2. The van der Waals surface area contributed by atoms with E-state index in [2.05, 4.69) is 0 Å². The van der Waals surface area contributed by atoms with Crippen LogP contribution < -0.4 is 15.2 Å². The van der Waals surface area contributed by atoms with E-state index in [0.717, 1.165) is 5.56 Å². The second-order valence-electron chi connectivity index (χ2n) is 4.34. The van der Waals surface area contributed by atoms with Gasteiger partial charge in [-0.15, -0.1) is 0 Å². The van der Waals surface area contributed by atoms with Crippen molar-refractivity contribution in [3.8, 4) is 17.2 Å². The van der Waals surface area contributed by atoms with Crippen LogP contribution in [0.3, 0.4) is 0 Å². The summed E-state index contributed by atoms with van der Waals surface area (Å²) < 4.78 is 24.4. The van der Waals surface area contributed by atoms with Gasteiger partial charge in [0.1, 0.15) is 23.1 Å². The summed E-state index contributed by atoms with van der Waals surface area (Å²) in [5.74, 6) is 0.976. The Labute approximate surface area is 122 Å². The molecule has 0 heterocycles. The van der Waals surface area contributed by atoms with Gasteiger partial charge in [0, 0.05) is 12.1 Å². The van der Waals surface area contributed by atoms with Gasteiger partial charge in [0.15, 0.2) is 0 Å². The predicted molar refractivity (Wildman–Crippen MR) is 77.1 cm³/mol. The van der Waals surface area contributed by atoms with Crippen LogP contribution in [0, 0.1) is 5.82 Å². The van der Waals surface area contributed by atoms with Gasteiger partial charge in [-0.05, 0) is 31.2 Å². The van der Waals surface area contributed by atoms with Crippen LogP contribution in [0.4, 0.5) is 4.39 Å². The minimum atomic E-state index is -0.533. The molecule has 5 heteroatoms. The first-order valence-electron chi connectivity index (χ1n) is 6.08. The Morgan fingerprint density at radius 3 is 2.50 bits per heavy atom. The smallest absolute Gasteiger partial charge is 0.145 e. The predicted octanol–water partition coefficient (Wildman–Crippen LogP) is 4.30. The van der Waals surface area contributed by atoms with Crippen LogP contribution in [-0.2, 0) is 0 Å². The normalized spacial score (nSPS) is 12.1. The van der Waals surface area contributed by atoms with Crippen LogP contribution in [0.15, 0.2) is 36.4 Å². The topological polar surface area (TPSA) is 44.5 Å². The summed E-state index contributed by atoms with van der Waals surface area (Å²) >= 11 is 5.64. The van der Waals surface area contributed by atoms with Crippen molar-refractivity contribution in [2.75, 3.05) is 7.11 Å². The van der Waals surface area contributed by atoms with Crippen molar-refractivity contribution in [2.45, 2.75) is 13.0 Å². The third kappa shape index (κ3) is 3.03. The number of halogens is 2. The molecular formula is C15H15ClFNO2. The minimum absolute atomic E-state index is 0.0513. The monoisotopic (exact) mass is 295 g/mol. The van der Waals surface area contributed by atoms with E-state index in [1.807, 2.05) is 6.92 Å². The molecule has 0 aliphatic carbocycles. The molecule has 0 aromatic heterocycles. The van der Waals surface area contributed by atoms with Crippen LogP contribution in [0.5, 0.6) is 17.2 Å². The molecule has 2 rings (SSSR count). The fraction of sp³-hybridized carbons (Fsp3) is 0.200. The van der Waals surface area contributed by atoms with Gasteiger partial charge in [0.05, 0.1) is 17.7 Å². The fourth-order valence-electron chi connectivity index (χ4n) is 1.91. The lowest BCUT2D eigenvalue weighted by Gasteiger charge is -2.17. The average Bonchev–Trinajstić information content (AvgIpc) is 2.42. The highest BCUT2D eigenvalue weighted by atomic mass is 35.5. The van der Waals surface area contributed by atoms with E-state index in [9.17, 15) is 4.39 Å². The lowest BCUT2D eigenvalue weighted by molar-refractivity contribution is 0.397. The van der Waals surface area contributed by atoms with Crippen molar-refractivity contribution in [1.82, 2.24) is 0 Å². The third-order valence-electron chi connectivity index (χ3n) is 2.82. The minimum Gasteiger partial charge on any atom is -0.496 e. The van der Waals surface area contributed by atoms with Crippen molar-refractivity contribution in [1.29, 1.82) is 0 Å². The Morgan fingerprint density at radius 2 is 1.90 bits per heavy atom. The van der Waals surface area contributed by atoms with Gasteiger partial charge in [0.2, 0.25) is 0 Å². The van der Waals surface area contributed by atoms with E-state index < -0.39 is 5.82 Å². The molecule has 0 bridgehead atoms. The number of hydrogen-bond donors (Lipinski definition) is 1. The molecule has 2 aromatic carbocycles. The molecule has 2 aromatic rings. The maximum absolute atomic E-state index is 13.4. The van der Waals surface area contributed by atoms with Crippen molar-refractivity contribution in [2.24, 2.45) is 5.73 Å². The summed E-state index contributed by atoms with van der Waals surface area (Å²) in [7, 11) is 1.56. The lowest BCUT2D eigenvalue weighted by Crippen LogP contribution is -2.08. The number of ether oxygens (including phenoxy) is 2. The molecule has 0 radical (unpaired) electrons. The molecule has 106 valence electrons. The van der Waals surface area contributed by atoms with Crippen molar-refractivity contribution >= 4 is 11.6 Å². The zero-order valence-electron chi connectivity index (χ0n) is 11.2. The molecule has 3 nitrogen and oxygen atoms in total. The summed E-state index contributed by atoms with van der Waals surface area (Å²) in [5, 5.41) is 0.0513. The van der Waals surface area contributed by atoms with Crippen LogP contribution in [0.25, 0.3) is 0 Å². The van der Waals surface area contributed by atoms with Crippen molar-refractivity contribution < 1.29 is 13.9 Å². The number of methoxy groups -OCH3 is 1. The quantitative estimate of drug-likeness (QED) is 0.914. The van der Waals surface area contributed by atoms with E-state index in [1.54, 1.807) is 31.4 Å². The van der Waals surface area contributed by atoms with Crippen LogP contribution in [0.1, 0.15) is 18.5 Å². The van der Waals surface area contributed by atoms with E-state index >= 15 is 0 Å². The summed E-state index contributed by atoms with van der Waals surface area (Å²) in [6, 6.07) is 9.33. The molecule has 1 atom stereocenters. The van der Waals surface area contributed by atoms with E-state index in [0.29, 0.717) is 17.2 Å². The van der Waals surface area contributed by atoms with Crippen LogP contribution >= 0.6 is 11.6 Å². The standard InChI is InChI=1S/C15H15ClFNO2/c1-9(18)15-13(19-2)4-3-5-14(15)20-10-6-7-11(16)12(17)8-10/h3-9H,18H2,1-2H3. The Hall–Kier alpha value is -1.78. The summed E-state index contributed by atoms with van der Waals surface area (Å²) in [6.07, 6.45) is 0. The van der Waals surface area contributed by atoms with Gasteiger partial charge < -0.3 is 15.2 Å². The van der Waals surface area contributed by atoms with E-state index in [4.69, 9.17) is 26.8 Å². The van der Waals surface area contributed by atoms with Crippen molar-refractivity contribution in [3.63, 3.8) is 0 Å². The molecule has 0 saturated carbocycles. The molecule has 2 N–H and O–H groups in total. The number of nitrogens with two attached hydrogens (primary N) is 1. The van der Waals surface area contributed by atoms with Gasteiger partial charge in [-0.1, -0.05) is 17.7 Å². The van der Waals surface area contributed by atoms with Gasteiger partial charge >= 0.3 is 0 Å². The molecule has 0 saturated heterocycles. The van der Waals surface area contributed by atoms with Gasteiger partial charge in [0.25, 0.3) is 0 Å². The first-order chi connectivity index (χ1) is 9.52. The largest absolute Gasteiger partial charge is 0.496 e. The van der Waals surface area contributed by atoms with Crippen LogP contribution in [0.2, 0.25) is 5.02 Å². The maximum atomic E-state index is 13.4. The summed E-state index contributed by atoms with van der Waals surface area (Å²) in [6.45, 7) is 1.83. The zero-order chi connectivity index (χ0) is 14.7. The SMILES string of the molecule is COc1cccc(Oc2ccc(Cl)c(F)c2)c1C(C)N. The first-order valence-corrected chi connectivity index (χ1v) is 6.46. The Balaban J connectivity index is 2.40. The van der Waals surface area contributed by atoms with Gasteiger partial charge in [-0.3, -0.25) is 0 Å². The van der Waals surface area contributed by atoms with E-state index in [1.165, 1.54) is 12.1 Å². The number of rotatable bonds is 4. The molecule has 0 aliphatic rings. The molecule has 20 heavy (non-hydrogen) atoms. The average molecular weight is 296 g/mol. The lowest BCUT2D eigenvalue weighted by atomic mass is 10.1. The molecular weight excluding hydrogens is 281 g/mol. The molecule has 0 spiro atoms. The molecule has 0 fully saturated rings. The highest BCUT2D eigenvalue weighted by molar-refractivity contribution is 6.30. The second kappa shape index (κ2) is 6.11. The molecule has 0 amide bonds. The van der Waals surface area contributed by atoms with E-state index in [-0.39, 0.29) is 11.1 Å². The molecule has 0 aliphatic heterocycles. The Morgan fingerprint density at radius 1 is 1.20 bits per heavy atom. The Kier molecular flexibility index (Phi) is 4.47. The Bertz CT molecular complexity index is 617. The third-order valence-corrected chi connectivity index (χ3v) is 3.13. The summed E-state index contributed by atoms with van der Waals surface area (Å²) in [4.78, 5) is 0. The van der Waals surface area contributed by atoms with Crippen molar-refractivity contribution in [3.05, 3.63) is 52.8 Å². The first kappa shape index (κ1) is 14.6. The van der Waals surface area contributed by atoms with Gasteiger partial charge in [-0.25, -0.2) is 4.39 Å². The van der Waals surface area contributed by atoms with Gasteiger partial charge in [-0.2, -0.15) is 0 Å². The fourth-order valence-corrected chi connectivity index (χ4v) is 2.02. The number of hydrogen-bond acceptors (Lipinski definition) is 3.